The first-order valence-electron chi connectivity index (χ1n) is 5.82. The molecule has 0 fully saturated rings. The van der Waals surface area contributed by atoms with Gasteiger partial charge in [0.15, 0.2) is 0 Å². The summed E-state index contributed by atoms with van der Waals surface area (Å²) < 4.78 is 0. The van der Waals surface area contributed by atoms with Crippen molar-refractivity contribution in [1.29, 1.82) is 0 Å². The van der Waals surface area contributed by atoms with Crippen molar-refractivity contribution in [2.24, 2.45) is 0 Å². The van der Waals surface area contributed by atoms with Crippen LogP contribution in [-0.2, 0) is 5.60 Å². The fourth-order valence-corrected chi connectivity index (χ4v) is 2.27. The van der Waals surface area contributed by atoms with Crippen LogP contribution in [0.5, 0.6) is 0 Å². The third-order valence-electron chi connectivity index (χ3n) is 3.19. The van der Waals surface area contributed by atoms with Crippen molar-refractivity contribution < 1.29 is 5.11 Å². The van der Waals surface area contributed by atoms with Gasteiger partial charge in [-0.2, -0.15) is 0 Å². The summed E-state index contributed by atoms with van der Waals surface area (Å²) in [5.41, 5.74) is 1.53. The van der Waals surface area contributed by atoms with Gasteiger partial charge in [0.1, 0.15) is 5.60 Å². The first-order chi connectivity index (χ1) is 7.26. The molecular weight excluding hydrogens is 186 g/mol. The maximum atomic E-state index is 10.5. The Hall–Kier alpha value is -1.02. The van der Waals surface area contributed by atoms with Crippen molar-refractivity contribution in [1.82, 2.24) is 0 Å². The van der Waals surface area contributed by atoms with Crippen LogP contribution in [-0.4, -0.2) is 11.7 Å². The van der Waals surface area contributed by atoms with Gasteiger partial charge in [0, 0.05) is 17.8 Å². The first-order valence-corrected chi connectivity index (χ1v) is 5.82. The van der Waals surface area contributed by atoms with Crippen molar-refractivity contribution >= 4 is 5.69 Å². The van der Waals surface area contributed by atoms with Gasteiger partial charge >= 0.3 is 0 Å². The summed E-state index contributed by atoms with van der Waals surface area (Å²) in [7, 11) is 0. The third kappa shape index (κ3) is 2.00. The summed E-state index contributed by atoms with van der Waals surface area (Å²) in [4.78, 5) is 0. The maximum Gasteiger partial charge on any atom is 0.109 e. The molecule has 0 spiro atoms. The molecule has 2 heteroatoms. The number of para-hydroxylation sites is 1. The Morgan fingerprint density at radius 1 is 1.33 bits per heavy atom. The molecule has 2 N–H and O–H groups in total. The third-order valence-corrected chi connectivity index (χ3v) is 3.19. The van der Waals surface area contributed by atoms with Crippen molar-refractivity contribution in [3.8, 4) is 0 Å². The van der Waals surface area contributed by atoms with Crippen LogP contribution < -0.4 is 5.32 Å². The summed E-state index contributed by atoms with van der Waals surface area (Å²) in [6, 6.07) is 8.06. The normalized spacial score (nSPS) is 23.6. The van der Waals surface area contributed by atoms with E-state index >= 15 is 0 Å². The van der Waals surface area contributed by atoms with E-state index in [4.69, 9.17) is 0 Å². The van der Waals surface area contributed by atoms with Gasteiger partial charge in [-0.05, 0) is 12.5 Å². The Morgan fingerprint density at radius 2 is 2.13 bits per heavy atom. The second-order valence-corrected chi connectivity index (χ2v) is 4.39. The minimum Gasteiger partial charge on any atom is -0.383 e. The van der Waals surface area contributed by atoms with Gasteiger partial charge < -0.3 is 10.4 Å². The number of fused-ring (bicyclic) bond motifs is 1. The first kappa shape index (κ1) is 10.5. The molecule has 0 bridgehead atoms. The molecule has 1 unspecified atom stereocenters. The fourth-order valence-electron chi connectivity index (χ4n) is 2.27. The van der Waals surface area contributed by atoms with Gasteiger partial charge in [-0.1, -0.05) is 44.4 Å². The molecule has 82 valence electrons. The van der Waals surface area contributed by atoms with E-state index in [0.717, 1.165) is 24.1 Å². The summed E-state index contributed by atoms with van der Waals surface area (Å²) in [6.07, 6.45) is 4.36. The SMILES string of the molecule is CCCCCC1(O)CNc2ccccc21. The molecule has 0 amide bonds. The van der Waals surface area contributed by atoms with Gasteiger partial charge in [0.25, 0.3) is 0 Å². The quantitative estimate of drug-likeness (QED) is 0.741. The van der Waals surface area contributed by atoms with Crippen LogP contribution in [0.2, 0.25) is 0 Å². The Bertz CT molecular complexity index is 337. The van der Waals surface area contributed by atoms with Gasteiger partial charge in [0.05, 0.1) is 0 Å². The van der Waals surface area contributed by atoms with Crippen LogP contribution >= 0.6 is 0 Å². The van der Waals surface area contributed by atoms with Crippen LogP contribution in [0.3, 0.4) is 0 Å². The van der Waals surface area contributed by atoms with Crippen molar-refractivity contribution in [2.75, 3.05) is 11.9 Å². The van der Waals surface area contributed by atoms with Crippen molar-refractivity contribution in [2.45, 2.75) is 38.2 Å². The highest BCUT2D eigenvalue weighted by atomic mass is 16.3. The van der Waals surface area contributed by atoms with Gasteiger partial charge in [-0.25, -0.2) is 0 Å². The number of unbranched alkanes of at least 4 members (excludes halogenated alkanes) is 2. The number of benzene rings is 1. The Kier molecular flexibility index (Phi) is 2.96. The minimum absolute atomic E-state index is 0.633. The van der Waals surface area contributed by atoms with E-state index in [1.807, 2.05) is 24.3 Å². The Labute approximate surface area is 91.3 Å². The molecule has 15 heavy (non-hydrogen) atoms. The number of anilines is 1. The highest BCUT2D eigenvalue weighted by Gasteiger charge is 2.35. The molecule has 0 saturated heterocycles. The minimum atomic E-state index is -0.633. The zero-order chi connectivity index (χ0) is 10.7. The Morgan fingerprint density at radius 3 is 2.93 bits per heavy atom. The predicted molar refractivity (Wildman–Crippen MR) is 63.0 cm³/mol. The lowest BCUT2D eigenvalue weighted by Crippen LogP contribution is -2.27. The van der Waals surface area contributed by atoms with E-state index in [9.17, 15) is 5.11 Å². The van der Waals surface area contributed by atoms with Crippen molar-refractivity contribution in [3.63, 3.8) is 0 Å². The lowest BCUT2D eigenvalue weighted by atomic mass is 9.90. The highest BCUT2D eigenvalue weighted by molar-refractivity contribution is 5.58. The van der Waals surface area contributed by atoms with Gasteiger partial charge in [-0.3, -0.25) is 0 Å². The second kappa shape index (κ2) is 4.23. The Balaban J connectivity index is 2.10. The predicted octanol–water partition coefficient (Wildman–Crippen LogP) is 2.88. The van der Waals surface area contributed by atoms with E-state index in [1.54, 1.807) is 0 Å². The van der Waals surface area contributed by atoms with Crippen LogP contribution in [0.4, 0.5) is 5.69 Å². The number of hydrogen-bond acceptors (Lipinski definition) is 2. The summed E-state index contributed by atoms with van der Waals surface area (Å²) in [6.45, 7) is 2.85. The zero-order valence-electron chi connectivity index (χ0n) is 9.29. The summed E-state index contributed by atoms with van der Waals surface area (Å²) in [5.74, 6) is 0. The molecule has 0 saturated carbocycles. The zero-order valence-corrected chi connectivity index (χ0v) is 9.29. The monoisotopic (exact) mass is 205 g/mol. The molecule has 0 radical (unpaired) electrons. The van der Waals surface area contributed by atoms with E-state index in [2.05, 4.69) is 12.2 Å². The molecule has 0 aliphatic carbocycles. The van der Waals surface area contributed by atoms with E-state index in [-0.39, 0.29) is 0 Å². The number of rotatable bonds is 4. The van der Waals surface area contributed by atoms with Crippen molar-refractivity contribution in [3.05, 3.63) is 29.8 Å². The topological polar surface area (TPSA) is 32.3 Å². The summed E-state index contributed by atoms with van der Waals surface area (Å²) in [5, 5.41) is 13.8. The number of aliphatic hydroxyl groups is 1. The average molecular weight is 205 g/mol. The molecule has 1 heterocycles. The number of β-amino-alcohol motifs (C(OH)–C–C–N with tert-alkyl or cyclic N) is 1. The van der Waals surface area contributed by atoms with Crippen LogP contribution in [0, 0.1) is 0 Å². The van der Waals surface area contributed by atoms with E-state index < -0.39 is 5.60 Å². The standard InChI is InChI=1S/C13H19NO/c1-2-3-6-9-13(15)10-14-12-8-5-4-7-11(12)13/h4-5,7-8,14-15H,2-3,6,9-10H2,1H3. The lowest BCUT2D eigenvalue weighted by Gasteiger charge is -2.22. The number of nitrogens with one attached hydrogen (secondary N) is 1. The molecule has 1 aliphatic rings. The van der Waals surface area contributed by atoms with E-state index in [1.165, 1.54) is 12.8 Å². The lowest BCUT2D eigenvalue weighted by molar-refractivity contribution is 0.0459. The molecular formula is C13H19NO. The molecule has 1 aromatic carbocycles. The fraction of sp³-hybridized carbons (Fsp3) is 0.538. The summed E-state index contributed by atoms with van der Waals surface area (Å²) >= 11 is 0. The second-order valence-electron chi connectivity index (χ2n) is 4.39. The number of hydrogen-bond donors (Lipinski definition) is 2. The van der Waals surface area contributed by atoms with Gasteiger partial charge in [-0.15, -0.1) is 0 Å². The van der Waals surface area contributed by atoms with Crippen LogP contribution in [0.1, 0.15) is 38.2 Å². The molecule has 2 rings (SSSR count). The van der Waals surface area contributed by atoms with E-state index in [0.29, 0.717) is 6.54 Å². The largest absolute Gasteiger partial charge is 0.383 e. The highest BCUT2D eigenvalue weighted by Crippen LogP contribution is 2.37. The molecule has 1 atom stereocenters. The van der Waals surface area contributed by atoms with Crippen LogP contribution in [0.15, 0.2) is 24.3 Å². The smallest absolute Gasteiger partial charge is 0.109 e. The maximum absolute atomic E-state index is 10.5. The van der Waals surface area contributed by atoms with Gasteiger partial charge in [0.2, 0.25) is 0 Å². The molecule has 1 aliphatic heterocycles. The molecule has 2 nitrogen and oxygen atoms in total. The molecule has 0 aromatic heterocycles. The molecule has 1 aromatic rings. The average Bonchev–Trinajstić information content (AvgIpc) is 2.59. The van der Waals surface area contributed by atoms with Crippen LogP contribution in [0.25, 0.3) is 0 Å².